The van der Waals surface area contributed by atoms with Crippen molar-refractivity contribution in [3.05, 3.63) is 59.5 Å². The summed E-state index contributed by atoms with van der Waals surface area (Å²) in [4.78, 5) is 12.3. The van der Waals surface area contributed by atoms with E-state index < -0.39 is 44.3 Å². The highest BCUT2D eigenvalue weighted by Gasteiger charge is 2.37. The molecule has 1 saturated carbocycles. The Morgan fingerprint density at radius 2 is 1.77 bits per heavy atom. The van der Waals surface area contributed by atoms with Gasteiger partial charge in [0.05, 0.1) is 16.4 Å². The average molecular weight is 440 g/mol. The summed E-state index contributed by atoms with van der Waals surface area (Å²) in [6.45, 7) is 0. The average Bonchev–Trinajstić information content (AvgIpc) is 3.46. The fourth-order valence-corrected chi connectivity index (χ4v) is 4.58. The number of aryl methyl sites for hydroxylation is 1. The zero-order valence-corrected chi connectivity index (χ0v) is 16.4. The van der Waals surface area contributed by atoms with E-state index in [1.54, 1.807) is 17.8 Å². The number of hydrogen-bond acceptors (Lipinski definition) is 3. The van der Waals surface area contributed by atoms with Gasteiger partial charge in [0.25, 0.3) is 5.91 Å². The zero-order valence-electron chi connectivity index (χ0n) is 15.6. The number of rotatable bonds is 4. The van der Waals surface area contributed by atoms with Crippen molar-refractivity contribution < 1.29 is 30.8 Å². The van der Waals surface area contributed by atoms with Crippen LogP contribution in [0.5, 0.6) is 0 Å². The van der Waals surface area contributed by atoms with E-state index in [1.165, 1.54) is 18.2 Å². The quantitative estimate of drug-likeness (QED) is 0.618. The molecule has 0 bridgehead atoms. The number of nitrogens with one attached hydrogen (secondary N) is 1. The Hall–Kier alpha value is -2.88. The maximum absolute atomic E-state index is 14.7. The summed E-state index contributed by atoms with van der Waals surface area (Å²) in [6, 6.07) is 6.78. The molecule has 4 rings (SSSR count). The molecule has 2 aromatic carbocycles. The first kappa shape index (κ1) is 20.4. The first-order valence-corrected chi connectivity index (χ1v) is 10.5. The van der Waals surface area contributed by atoms with Crippen LogP contribution in [-0.4, -0.2) is 24.1 Å². The molecule has 0 atom stereocenters. The zero-order chi connectivity index (χ0) is 21.8. The van der Waals surface area contributed by atoms with Gasteiger partial charge in [0, 0.05) is 29.7 Å². The number of benzene rings is 2. The Morgan fingerprint density at radius 3 is 2.33 bits per heavy atom. The summed E-state index contributed by atoms with van der Waals surface area (Å²) < 4.78 is 80.5. The van der Waals surface area contributed by atoms with Crippen LogP contribution in [0.15, 0.2) is 42.6 Å². The van der Waals surface area contributed by atoms with Crippen LogP contribution in [0.3, 0.4) is 0 Å². The van der Waals surface area contributed by atoms with E-state index in [0.717, 1.165) is 18.2 Å². The van der Waals surface area contributed by atoms with Gasteiger partial charge in [0.15, 0.2) is 0 Å². The van der Waals surface area contributed by atoms with Crippen molar-refractivity contribution in [3.63, 3.8) is 0 Å². The molecule has 1 aliphatic rings. The lowest BCUT2D eigenvalue weighted by Gasteiger charge is -2.08. The molecule has 1 aliphatic carbocycles. The summed E-state index contributed by atoms with van der Waals surface area (Å²) in [5.41, 5.74) is 0.139. The second kappa shape index (κ2) is 6.83. The number of carbonyl (C=O) groups is 1. The van der Waals surface area contributed by atoms with Crippen molar-refractivity contribution >= 4 is 26.8 Å². The fourth-order valence-electron chi connectivity index (χ4n) is 3.29. The van der Waals surface area contributed by atoms with Crippen molar-refractivity contribution in [3.8, 4) is 11.1 Å². The minimum atomic E-state index is -4.47. The molecule has 10 heteroatoms. The fraction of sp³-hybridized carbons (Fsp3) is 0.250. The topological polar surface area (TPSA) is 68.2 Å². The number of aromatic nitrogens is 1. The molecule has 0 saturated heterocycles. The van der Waals surface area contributed by atoms with Gasteiger partial charge in [-0.15, -0.1) is 0 Å². The van der Waals surface area contributed by atoms with E-state index >= 15 is 0 Å². The molecule has 0 aliphatic heterocycles. The lowest BCUT2D eigenvalue weighted by atomic mass is 10.0. The summed E-state index contributed by atoms with van der Waals surface area (Å²) >= 11 is 0. The molecule has 30 heavy (non-hydrogen) atoms. The highest BCUT2D eigenvalue weighted by Crippen LogP contribution is 2.35. The lowest BCUT2D eigenvalue weighted by molar-refractivity contribution is -0.137. The smallest absolute Gasteiger partial charge is 0.350 e. The number of alkyl halides is 3. The summed E-state index contributed by atoms with van der Waals surface area (Å²) in [6.07, 6.45) is -1.95. The van der Waals surface area contributed by atoms with Crippen LogP contribution in [0.25, 0.3) is 22.0 Å². The van der Waals surface area contributed by atoms with E-state index in [4.69, 9.17) is 0 Å². The molecule has 1 aromatic heterocycles. The van der Waals surface area contributed by atoms with Crippen molar-refractivity contribution in [2.75, 3.05) is 0 Å². The molecule has 3 aromatic rings. The minimum absolute atomic E-state index is 0.386. The van der Waals surface area contributed by atoms with Gasteiger partial charge in [-0.05, 0) is 42.7 Å². The van der Waals surface area contributed by atoms with E-state index in [-0.39, 0.29) is 0 Å². The molecule has 0 radical (unpaired) electrons. The van der Waals surface area contributed by atoms with Crippen molar-refractivity contribution in [1.82, 2.24) is 9.29 Å². The van der Waals surface area contributed by atoms with Crippen LogP contribution < -0.4 is 4.72 Å². The molecule has 1 amide bonds. The maximum Gasteiger partial charge on any atom is 0.416 e. The van der Waals surface area contributed by atoms with Gasteiger partial charge < -0.3 is 4.57 Å². The number of sulfonamides is 1. The summed E-state index contributed by atoms with van der Waals surface area (Å²) in [5, 5.41) is -0.245. The third-order valence-electron chi connectivity index (χ3n) is 5.04. The highest BCUT2D eigenvalue weighted by molar-refractivity contribution is 7.91. The summed E-state index contributed by atoms with van der Waals surface area (Å²) in [5.74, 6) is -1.98. The van der Waals surface area contributed by atoms with E-state index in [2.05, 4.69) is 0 Å². The van der Waals surface area contributed by atoms with E-state index in [0.29, 0.717) is 34.9 Å². The van der Waals surface area contributed by atoms with Crippen molar-refractivity contribution in [2.45, 2.75) is 24.3 Å². The molecule has 0 unspecified atom stereocenters. The first-order valence-electron chi connectivity index (χ1n) is 8.99. The number of amides is 1. The minimum Gasteiger partial charge on any atom is -0.350 e. The first-order chi connectivity index (χ1) is 14.0. The third-order valence-corrected chi connectivity index (χ3v) is 6.86. The second-order valence-electron chi connectivity index (χ2n) is 7.25. The maximum atomic E-state index is 14.7. The van der Waals surface area contributed by atoms with Gasteiger partial charge in [-0.3, -0.25) is 4.79 Å². The molecule has 1 fully saturated rings. The van der Waals surface area contributed by atoms with Crippen molar-refractivity contribution in [1.29, 1.82) is 0 Å². The molecule has 1 N–H and O–H groups in total. The number of fused-ring (bicyclic) bond motifs is 1. The van der Waals surface area contributed by atoms with Crippen LogP contribution in [0.1, 0.15) is 28.8 Å². The molecular formula is C20H16F4N2O3S. The predicted octanol–water partition coefficient (Wildman–Crippen LogP) is 4.23. The standard InChI is InChI=1S/C20H16F4N2O3S/c1-26-10-16(11-2-4-12(5-3-11)20(22,23)24)14-8-17(21)15(9-18(14)26)19(27)25-30(28,29)13-6-7-13/h2-5,8-10,13H,6-7H2,1H3,(H,25,27). The van der Waals surface area contributed by atoms with Gasteiger partial charge in [0.2, 0.25) is 10.0 Å². The van der Waals surface area contributed by atoms with Gasteiger partial charge in [-0.25, -0.2) is 17.5 Å². The normalized spacial score (nSPS) is 14.8. The van der Waals surface area contributed by atoms with Crippen LogP contribution in [0.4, 0.5) is 17.6 Å². The molecule has 5 nitrogen and oxygen atoms in total. The Morgan fingerprint density at radius 1 is 1.13 bits per heavy atom. The SMILES string of the molecule is Cn1cc(-c2ccc(C(F)(F)F)cc2)c2cc(F)c(C(=O)NS(=O)(=O)C3CC3)cc21. The molecule has 158 valence electrons. The van der Waals surface area contributed by atoms with Crippen LogP contribution in [-0.2, 0) is 23.2 Å². The third kappa shape index (κ3) is 3.67. The van der Waals surface area contributed by atoms with Crippen LogP contribution >= 0.6 is 0 Å². The van der Waals surface area contributed by atoms with Gasteiger partial charge >= 0.3 is 6.18 Å². The monoisotopic (exact) mass is 440 g/mol. The van der Waals surface area contributed by atoms with Gasteiger partial charge in [-0.2, -0.15) is 13.2 Å². The summed E-state index contributed by atoms with van der Waals surface area (Å²) in [7, 11) is -2.20. The Balaban J connectivity index is 1.73. The van der Waals surface area contributed by atoms with Crippen molar-refractivity contribution in [2.24, 2.45) is 7.05 Å². The Kier molecular flexibility index (Phi) is 4.64. The number of carbonyl (C=O) groups excluding carboxylic acids is 1. The predicted molar refractivity (Wildman–Crippen MR) is 103 cm³/mol. The van der Waals surface area contributed by atoms with Crippen LogP contribution in [0.2, 0.25) is 0 Å². The Bertz CT molecular complexity index is 1260. The second-order valence-corrected chi connectivity index (χ2v) is 9.21. The Labute approximate surface area is 169 Å². The van der Waals surface area contributed by atoms with E-state index in [9.17, 15) is 30.8 Å². The molecule has 1 heterocycles. The number of hydrogen-bond donors (Lipinski definition) is 1. The molecular weight excluding hydrogens is 424 g/mol. The lowest BCUT2D eigenvalue weighted by Crippen LogP contribution is -2.33. The van der Waals surface area contributed by atoms with Gasteiger partial charge in [0.1, 0.15) is 5.82 Å². The number of nitrogens with zero attached hydrogens (tertiary/aromatic N) is 1. The largest absolute Gasteiger partial charge is 0.416 e. The van der Waals surface area contributed by atoms with Crippen LogP contribution in [0, 0.1) is 5.82 Å². The highest BCUT2D eigenvalue weighted by atomic mass is 32.2. The van der Waals surface area contributed by atoms with E-state index in [1.807, 2.05) is 4.72 Å². The molecule has 0 spiro atoms. The number of halogens is 4. The van der Waals surface area contributed by atoms with Gasteiger partial charge in [-0.1, -0.05) is 12.1 Å².